The number of nitrogens with two attached hydrogens (primary N) is 2. The molecular weight excluding hydrogens is 140 g/mol. The molecule has 0 aliphatic heterocycles. The van der Waals surface area contributed by atoms with Crippen molar-refractivity contribution >= 4 is 5.91 Å². The van der Waals surface area contributed by atoms with Gasteiger partial charge in [0.2, 0.25) is 5.91 Å². The molecule has 0 aromatic heterocycles. The van der Waals surface area contributed by atoms with Gasteiger partial charge in [-0.2, -0.15) is 0 Å². The summed E-state index contributed by atoms with van der Waals surface area (Å²) in [6.45, 7) is 4.23. The molecule has 11 heavy (non-hydrogen) atoms. The van der Waals surface area contributed by atoms with Crippen molar-refractivity contribution in [3.05, 3.63) is 0 Å². The Morgan fingerprint density at radius 2 is 2.00 bits per heavy atom. The molecule has 0 aromatic rings. The van der Waals surface area contributed by atoms with Gasteiger partial charge in [0.1, 0.15) is 0 Å². The van der Waals surface area contributed by atoms with E-state index in [0.717, 1.165) is 6.42 Å². The fraction of sp³-hybridized carbons (Fsp3) is 0.875. The van der Waals surface area contributed by atoms with Gasteiger partial charge in [-0.05, 0) is 18.8 Å². The summed E-state index contributed by atoms with van der Waals surface area (Å²) >= 11 is 0. The average molecular weight is 158 g/mol. The van der Waals surface area contributed by atoms with Crippen LogP contribution in [0.25, 0.3) is 0 Å². The number of hydrogen-bond donors (Lipinski definition) is 2. The number of hydrogen-bond acceptors (Lipinski definition) is 2. The number of rotatable bonds is 5. The second kappa shape index (κ2) is 5.13. The minimum absolute atomic E-state index is 0.127. The number of carbonyl (C=O) groups is 1. The molecule has 3 nitrogen and oxygen atoms in total. The van der Waals surface area contributed by atoms with Crippen LogP contribution >= 0.6 is 0 Å². The summed E-state index contributed by atoms with van der Waals surface area (Å²) in [4.78, 5) is 10.4. The first-order valence-electron chi connectivity index (χ1n) is 4.06. The monoisotopic (exact) mass is 158 g/mol. The third-order valence-electron chi connectivity index (χ3n) is 1.54. The summed E-state index contributed by atoms with van der Waals surface area (Å²) in [5.74, 6) is 0.335. The third kappa shape index (κ3) is 7.33. The van der Waals surface area contributed by atoms with Crippen LogP contribution in [0, 0.1) is 5.92 Å². The van der Waals surface area contributed by atoms with Gasteiger partial charge < -0.3 is 11.5 Å². The lowest BCUT2D eigenvalue weighted by atomic mass is 10.0. The SMILES string of the molecule is CC(C)C[C@H](N)CCC(N)=O. The van der Waals surface area contributed by atoms with Gasteiger partial charge in [0.15, 0.2) is 0 Å². The fourth-order valence-corrected chi connectivity index (χ4v) is 1.05. The Morgan fingerprint density at radius 3 is 2.36 bits per heavy atom. The Hall–Kier alpha value is -0.570. The Morgan fingerprint density at radius 1 is 1.45 bits per heavy atom. The van der Waals surface area contributed by atoms with E-state index >= 15 is 0 Å². The lowest BCUT2D eigenvalue weighted by molar-refractivity contribution is -0.118. The largest absolute Gasteiger partial charge is 0.370 e. The van der Waals surface area contributed by atoms with Crippen molar-refractivity contribution in [2.75, 3.05) is 0 Å². The molecule has 0 bridgehead atoms. The summed E-state index contributed by atoms with van der Waals surface area (Å²) < 4.78 is 0. The highest BCUT2D eigenvalue weighted by atomic mass is 16.1. The first-order valence-corrected chi connectivity index (χ1v) is 4.06. The topological polar surface area (TPSA) is 69.1 Å². The van der Waals surface area contributed by atoms with Crippen molar-refractivity contribution < 1.29 is 4.79 Å². The van der Waals surface area contributed by atoms with Gasteiger partial charge in [0, 0.05) is 12.5 Å². The van der Waals surface area contributed by atoms with E-state index in [0.29, 0.717) is 18.8 Å². The highest BCUT2D eigenvalue weighted by Crippen LogP contribution is 2.06. The number of amides is 1. The molecule has 0 aromatic carbocycles. The molecule has 0 aliphatic rings. The maximum absolute atomic E-state index is 10.4. The molecule has 0 rings (SSSR count). The summed E-state index contributed by atoms with van der Waals surface area (Å²) in [6.07, 6.45) is 2.09. The predicted molar refractivity (Wildman–Crippen MR) is 45.9 cm³/mol. The Balaban J connectivity index is 3.37. The van der Waals surface area contributed by atoms with Crippen LogP contribution in [-0.2, 0) is 4.79 Å². The molecule has 0 unspecified atom stereocenters. The summed E-state index contributed by atoms with van der Waals surface area (Å²) in [7, 11) is 0. The van der Waals surface area contributed by atoms with Crippen LogP contribution in [0.15, 0.2) is 0 Å². The minimum Gasteiger partial charge on any atom is -0.370 e. The van der Waals surface area contributed by atoms with Crippen LogP contribution in [0.2, 0.25) is 0 Å². The zero-order chi connectivity index (χ0) is 8.85. The van der Waals surface area contributed by atoms with Gasteiger partial charge in [-0.25, -0.2) is 0 Å². The highest BCUT2D eigenvalue weighted by molar-refractivity contribution is 5.73. The zero-order valence-electron chi connectivity index (χ0n) is 7.34. The van der Waals surface area contributed by atoms with Crippen molar-refractivity contribution in [1.82, 2.24) is 0 Å². The molecule has 3 heteroatoms. The number of primary amides is 1. The zero-order valence-corrected chi connectivity index (χ0v) is 7.34. The summed E-state index contributed by atoms with van der Waals surface area (Å²) in [5.41, 5.74) is 10.7. The maximum atomic E-state index is 10.4. The first-order chi connectivity index (χ1) is 5.02. The fourth-order valence-electron chi connectivity index (χ4n) is 1.05. The van der Waals surface area contributed by atoms with E-state index in [1.54, 1.807) is 0 Å². The third-order valence-corrected chi connectivity index (χ3v) is 1.54. The second-order valence-corrected chi connectivity index (χ2v) is 3.39. The van der Waals surface area contributed by atoms with Gasteiger partial charge in [-0.15, -0.1) is 0 Å². The second-order valence-electron chi connectivity index (χ2n) is 3.39. The van der Waals surface area contributed by atoms with Gasteiger partial charge in [-0.1, -0.05) is 13.8 Å². The van der Waals surface area contributed by atoms with E-state index in [9.17, 15) is 4.79 Å². The lowest BCUT2D eigenvalue weighted by Gasteiger charge is -2.12. The molecular formula is C8H18N2O. The number of carbonyl (C=O) groups excluding carboxylic acids is 1. The van der Waals surface area contributed by atoms with Crippen LogP contribution in [0.5, 0.6) is 0 Å². The Kier molecular flexibility index (Phi) is 4.86. The Bertz CT molecular complexity index is 123. The van der Waals surface area contributed by atoms with E-state index in [4.69, 9.17) is 11.5 Å². The molecule has 1 atom stereocenters. The molecule has 0 radical (unpaired) electrons. The molecule has 0 fully saturated rings. The van der Waals surface area contributed by atoms with E-state index in [1.807, 2.05) is 0 Å². The van der Waals surface area contributed by atoms with Crippen molar-refractivity contribution in [2.24, 2.45) is 17.4 Å². The summed E-state index contributed by atoms with van der Waals surface area (Å²) in [5, 5.41) is 0. The standard InChI is InChI=1S/C8H18N2O/c1-6(2)5-7(9)3-4-8(10)11/h6-7H,3-5,9H2,1-2H3,(H2,10,11)/t7-/m1/s1. The molecule has 0 spiro atoms. The van der Waals surface area contributed by atoms with Crippen molar-refractivity contribution in [3.8, 4) is 0 Å². The maximum Gasteiger partial charge on any atom is 0.217 e. The Labute approximate surface area is 68.1 Å². The minimum atomic E-state index is -0.260. The van der Waals surface area contributed by atoms with E-state index in [1.165, 1.54) is 0 Å². The first kappa shape index (κ1) is 10.4. The van der Waals surface area contributed by atoms with Crippen LogP contribution in [0.3, 0.4) is 0 Å². The smallest absolute Gasteiger partial charge is 0.217 e. The van der Waals surface area contributed by atoms with Crippen molar-refractivity contribution in [3.63, 3.8) is 0 Å². The average Bonchev–Trinajstić information content (AvgIpc) is 1.82. The van der Waals surface area contributed by atoms with Crippen molar-refractivity contribution in [2.45, 2.75) is 39.2 Å². The molecule has 1 amide bonds. The van der Waals surface area contributed by atoms with E-state index in [2.05, 4.69) is 13.8 Å². The lowest BCUT2D eigenvalue weighted by Crippen LogP contribution is -2.24. The van der Waals surface area contributed by atoms with Crippen LogP contribution in [-0.4, -0.2) is 11.9 Å². The van der Waals surface area contributed by atoms with Gasteiger partial charge in [-0.3, -0.25) is 4.79 Å². The van der Waals surface area contributed by atoms with Gasteiger partial charge >= 0.3 is 0 Å². The molecule has 66 valence electrons. The van der Waals surface area contributed by atoms with Crippen LogP contribution < -0.4 is 11.5 Å². The normalized spacial score (nSPS) is 13.5. The predicted octanol–water partition coefficient (Wildman–Crippen LogP) is 0.625. The van der Waals surface area contributed by atoms with E-state index in [-0.39, 0.29) is 11.9 Å². The molecule has 0 aliphatic carbocycles. The van der Waals surface area contributed by atoms with E-state index < -0.39 is 0 Å². The highest BCUT2D eigenvalue weighted by Gasteiger charge is 2.06. The van der Waals surface area contributed by atoms with Crippen molar-refractivity contribution in [1.29, 1.82) is 0 Å². The van der Waals surface area contributed by atoms with Crippen LogP contribution in [0.1, 0.15) is 33.1 Å². The molecule has 0 saturated heterocycles. The molecule has 0 saturated carbocycles. The van der Waals surface area contributed by atoms with Gasteiger partial charge in [0.25, 0.3) is 0 Å². The molecule has 0 heterocycles. The quantitative estimate of drug-likeness (QED) is 0.616. The van der Waals surface area contributed by atoms with Crippen LogP contribution in [0.4, 0.5) is 0 Å². The molecule has 4 N–H and O–H groups in total. The van der Waals surface area contributed by atoms with Gasteiger partial charge in [0.05, 0.1) is 0 Å². The summed E-state index contributed by atoms with van der Waals surface area (Å²) in [6, 6.07) is 0.127.